The number of rotatable bonds is 3. The third kappa shape index (κ3) is 2.81. The minimum atomic E-state index is -1.08. The molecule has 3 N–H and O–H groups in total. The summed E-state index contributed by atoms with van der Waals surface area (Å²) in [5.74, 6) is -1.44. The zero-order valence-electron chi connectivity index (χ0n) is 7.83. The summed E-state index contributed by atoms with van der Waals surface area (Å²) in [5.41, 5.74) is 6.70. The Morgan fingerprint density at radius 2 is 2.21 bits per heavy atom. The molecule has 0 spiro atoms. The molecule has 1 atom stereocenters. The van der Waals surface area contributed by atoms with Crippen molar-refractivity contribution < 1.29 is 14.3 Å². The van der Waals surface area contributed by atoms with Gasteiger partial charge < -0.3 is 10.8 Å². The average molecular weight is 197 g/mol. The van der Waals surface area contributed by atoms with E-state index in [1.807, 2.05) is 0 Å². The molecule has 4 heteroatoms. The van der Waals surface area contributed by atoms with Crippen LogP contribution < -0.4 is 5.73 Å². The van der Waals surface area contributed by atoms with Crippen LogP contribution in [0.25, 0.3) is 0 Å². The Morgan fingerprint density at radius 3 is 2.71 bits per heavy atom. The fourth-order valence-corrected chi connectivity index (χ4v) is 1.27. The Hall–Kier alpha value is -1.42. The summed E-state index contributed by atoms with van der Waals surface area (Å²) in [4.78, 5) is 10.5. The summed E-state index contributed by atoms with van der Waals surface area (Å²) >= 11 is 0. The summed E-state index contributed by atoms with van der Waals surface area (Å²) < 4.78 is 12.9. The van der Waals surface area contributed by atoms with Crippen molar-refractivity contribution >= 4 is 5.97 Å². The Kier molecular flexibility index (Phi) is 3.19. The van der Waals surface area contributed by atoms with Gasteiger partial charge in [-0.2, -0.15) is 0 Å². The molecule has 0 unspecified atom stereocenters. The second-order valence-corrected chi connectivity index (χ2v) is 3.29. The first-order chi connectivity index (χ1) is 6.49. The van der Waals surface area contributed by atoms with Gasteiger partial charge in [0.25, 0.3) is 0 Å². The standard InChI is InChI=1S/C10H12FNO2/c1-6-2-7(4-8(11)3-6)5-9(12)10(13)14/h2-4,9H,5,12H2,1H3,(H,13,14)/t9-/m0/s1. The molecule has 0 saturated heterocycles. The molecule has 0 aliphatic rings. The van der Waals surface area contributed by atoms with Gasteiger partial charge >= 0.3 is 5.97 Å². The number of hydrogen-bond donors (Lipinski definition) is 2. The lowest BCUT2D eigenvalue weighted by atomic mass is 10.0. The Bertz CT molecular complexity index is 332. The molecule has 1 aromatic rings. The van der Waals surface area contributed by atoms with Gasteiger partial charge in [-0.1, -0.05) is 6.07 Å². The number of carboxylic acid groups (broad SMARTS) is 1. The monoisotopic (exact) mass is 197 g/mol. The molecule has 14 heavy (non-hydrogen) atoms. The van der Waals surface area contributed by atoms with Crippen LogP contribution in [0.15, 0.2) is 18.2 Å². The van der Waals surface area contributed by atoms with Crippen LogP contribution in [0.4, 0.5) is 4.39 Å². The highest BCUT2D eigenvalue weighted by Crippen LogP contribution is 2.09. The number of carbonyl (C=O) groups is 1. The highest BCUT2D eigenvalue weighted by atomic mass is 19.1. The first-order valence-corrected chi connectivity index (χ1v) is 4.23. The SMILES string of the molecule is Cc1cc(F)cc(C[C@H](N)C(=O)O)c1. The van der Waals surface area contributed by atoms with Gasteiger partial charge in [0.1, 0.15) is 11.9 Å². The number of nitrogens with two attached hydrogens (primary N) is 1. The van der Waals surface area contributed by atoms with Crippen LogP contribution in [0.3, 0.4) is 0 Å². The van der Waals surface area contributed by atoms with Gasteiger partial charge in [-0.15, -0.1) is 0 Å². The molecule has 76 valence electrons. The highest BCUT2D eigenvalue weighted by molar-refractivity contribution is 5.73. The van der Waals surface area contributed by atoms with E-state index in [4.69, 9.17) is 10.8 Å². The first kappa shape index (κ1) is 10.7. The maximum absolute atomic E-state index is 12.9. The molecule has 0 aliphatic heterocycles. The van der Waals surface area contributed by atoms with Crippen LogP contribution >= 0.6 is 0 Å². The molecule has 0 heterocycles. The van der Waals surface area contributed by atoms with Gasteiger partial charge in [0.05, 0.1) is 0 Å². The molecule has 0 amide bonds. The third-order valence-corrected chi connectivity index (χ3v) is 1.87. The van der Waals surface area contributed by atoms with Crippen molar-refractivity contribution in [1.82, 2.24) is 0 Å². The van der Waals surface area contributed by atoms with Crippen molar-refractivity contribution in [1.29, 1.82) is 0 Å². The van der Waals surface area contributed by atoms with E-state index in [2.05, 4.69) is 0 Å². The highest BCUT2D eigenvalue weighted by Gasteiger charge is 2.12. The van der Waals surface area contributed by atoms with Gasteiger partial charge in [0.15, 0.2) is 0 Å². The Balaban J connectivity index is 2.81. The van der Waals surface area contributed by atoms with Crippen LogP contribution in [0.2, 0.25) is 0 Å². The number of halogens is 1. The lowest BCUT2D eigenvalue weighted by molar-refractivity contribution is -0.138. The van der Waals surface area contributed by atoms with E-state index < -0.39 is 12.0 Å². The minimum Gasteiger partial charge on any atom is -0.480 e. The topological polar surface area (TPSA) is 63.3 Å². The molecule has 3 nitrogen and oxygen atoms in total. The molecule has 1 rings (SSSR count). The van der Waals surface area contributed by atoms with Gasteiger partial charge in [-0.3, -0.25) is 4.79 Å². The normalized spacial score (nSPS) is 12.5. The van der Waals surface area contributed by atoms with Crippen molar-refractivity contribution in [3.63, 3.8) is 0 Å². The summed E-state index contributed by atoms with van der Waals surface area (Å²) in [7, 11) is 0. The molecule has 0 bridgehead atoms. The van der Waals surface area contributed by atoms with Crippen LogP contribution in [0.5, 0.6) is 0 Å². The number of benzene rings is 1. The second kappa shape index (κ2) is 4.19. The number of carboxylic acids is 1. The quantitative estimate of drug-likeness (QED) is 0.762. The molecule has 0 fully saturated rings. The maximum Gasteiger partial charge on any atom is 0.320 e. The van der Waals surface area contributed by atoms with Crippen LogP contribution in [0.1, 0.15) is 11.1 Å². The molecule has 0 radical (unpaired) electrons. The second-order valence-electron chi connectivity index (χ2n) is 3.29. The van der Waals surface area contributed by atoms with E-state index in [0.29, 0.717) is 5.56 Å². The largest absolute Gasteiger partial charge is 0.480 e. The van der Waals surface area contributed by atoms with Crippen molar-refractivity contribution in [2.75, 3.05) is 0 Å². The minimum absolute atomic E-state index is 0.147. The van der Waals surface area contributed by atoms with E-state index in [1.165, 1.54) is 12.1 Å². The van der Waals surface area contributed by atoms with Crippen molar-refractivity contribution in [3.05, 3.63) is 35.1 Å². The summed E-state index contributed by atoms with van der Waals surface area (Å²) in [5, 5.41) is 8.56. The van der Waals surface area contributed by atoms with E-state index in [-0.39, 0.29) is 12.2 Å². The predicted molar refractivity (Wildman–Crippen MR) is 50.5 cm³/mol. The molecule has 0 saturated carbocycles. The first-order valence-electron chi connectivity index (χ1n) is 4.23. The molecule has 0 aromatic heterocycles. The zero-order valence-corrected chi connectivity index (χ0v) is 7.83. The molecular weight excluding hydrogens is 185 g/mol. The number of aliphatic carboxylic acids is 1. The lowest BCUT2D eigenvalue weighted by Crippen LogP contribution is -2.32. The zero-order chi connectivity index (χ0) is 10.7. The third-order valence-electron chi connectivity index (χ3n) is 1.87. The van der Waals surface area contributed by atoms with Gasteiger partial charge in [0, 0.05) is 0 Å². The summed E-state index contributed by atoms with van der Waals surface area (Å²) in [6, 6.07) is 3.44. The number of hydrogen-bond acceptors (Lipinski definition) is 2. The fraction of sp³-hybridized carbons (Fsp3) is 0.300. The van der Waals surface area contributed by atoms with Gasteiger partial charge in [-0.25, -0.2) is 4.39 Å². The van der Waals surface area contributed by atoms with Crippen molar-refractivity contribution in [3.8, 4) is 0 Å². The summed E-state index contributed by atoms with van der Waals surface area (Å²) in [6.07, 6.45) is 0.147. The lowest BCUT2D eigenvalue weighted by Gasteiger charge is -2.07. The van der Waals surface area contributed by atoms with E-state index in [1.54, 1.807) is 13.0 Å². The number of aryl methyl sites for hydroxylation is 1. The predicted octanol–water partition coefficient (Wildman–Crippen LogP) is 1.09. The maximum atomic E-state index is 12.9. The van der Waals surface area contributed by atoms with E-state index >= 15 is 0 Å². The summed E-state index contributed by atoms with van der Waals surface area (Å²) in [6.45, 7) is 1.75. The molecule has 0 aliphatic carbocycles. The van der Waals surface area contributed by atoms with E-state index in [0.717, 1.165) is 5.56 Å². The van der Waals surface area contributed by atoms with Crippen LogP contribution in [-0.2, 0) is 11.2 Å². The van der Waals surface area contributed by atoms with E-state index in [9.17, 15) is 9.18 Å². The average Bonchev–Trinajstić information content (AvgIpc) is 2.01. The van der Waals surface area contributed by atoms with Crippen molar-refractivity contribution in [2.45, 2.75) is 19.4 Å². The Morgan fingerprint density at radius 1 is 1.57 bits per heavy atom. The molecular formula is C10H12FNO2. The molecule has 1 aromatic carbocycles. The fourth-order valence-electron chi connectivity index (χ4n) is 1.27. The smallest absolute Gasteiger partial charge is 0.320 e. The van der Waals surface area contributed by atoms with Gasteiger partial charge in [-0.05, 0) is 36.6 Å². The van der Waals surface area contributed by atoms with Gasteiger partial charge in [0.2, 0.25) is 0 Å². The van der Waals surface area contributed by atoms with Crippen molar-refractivity contribution in [2.24, 2.45) is 5.73 Å². The van der Waals surface area contributed by atoms with Crippen LogP contribution in [0, 0.1) is 12.7 Å². The Labute approximate surface area is 81.4 Å². The van der Waals surface area contributed by atoms with Crippen LogP contribution in [-0.4, -0.2) is 17.1 Å².